The Morgan fingerprint density at radius 2 is 2.32 bits per heavy atom. The quantitative estimate of drug-likeness (QED) is 0.839. The molecule has 2 aromatic heterocycles. The van der Waals surface area contributed by atoms with Gasteiger partial charge in [0.2, 0.25) is 5.91 Å². The van der Waals surface area contributed by atoms with Gasteiger partial charge in [-0.15, -0.1) is 34.4 Å². The van der Waals surface area contributed by atoms with Gasteiger partial charge < -0.3 is 5.32 Å². The van der Waals surface area contributed by atoms with Crippen molar-refractivity contribution in [3.05, 3.63) is 43.7 Å². The molecule has 0 bridgehead atoms. The summed E-state index contributed by atoms with van der Waals surface area (Å²) in [6.07, 6.45) is 0. The van der Waals surface area contributed by atoms with E-state index in [0.717, 1.165) is 15.0 Å². The van der Waals surface area contributed by atoms with Crippen molar-refractivity contribution >= 4 is 51.9 Å². The molecule has 2 aromatic rings. The summed E-state index contributed by atoms with van der Waals surface area (Å²) >= 11 is 10.7. The van der Waals surface area contributed by atoms with Crippen LogP contribution in [-0.4, -0.2) is 11.7 Å². The van der Waals surface area contributed by atoms with Crippen molar-refractivity contribution in [3.8, 4) is 0 Å². The third kappa shape index (κ3) is 4.84. The molecule has 2 nitrogen and oxygen atoms in total. The molecule has 1 atom stereocenters. The fourth-order valence-corrected chi connectivity index (χ4v) is 4.30. The topological polar surface area (TPSA) is 29.1 Å². The predicted octanol–water partition coefficient (Wildman–Crippen LogP) is 4.57. The summed E-state index contributed by atoms with van der Waals surface area (Å²) < 4.78 is 0.753. The van der Waals surface area contributed by atoms with Crippen LogP contribution < -0.4 is 5.32 Å². The largest absolute Gasteiger partial charge is 0.348 e. The van der Waals surface area contributed by atoms with Crippen molar-refractivity contribution in [1.29, 1.82) is 0 Å². The summed E-state index contributed by atoms with van der Waals surface area (Å²) in [5, 5.41) is 5.04. The molecule has 6 heteroatoms. The summed E-state index contributed by atoms with van der Waals surface area (Å²) in [7, 11) is 0. The molecule has 0 aliphatic carbocycles. The number of nitrogens with one attached hydrogen (secondary N) is 1. The van der Waals surface area contributed by atoms with Crippen LogP contribution in [0.3, 0.4) is 0 Å². The zero-order valence-corrected chi connectivity index (χ0v) is 13.6. The lowest BCUT2D eigenvalue weighted by atomic mass is 10.3. The number of carbonyl (C=O) groups excluding carboxylic acids is 1. The number of thioether (sulfide) groups is 1. The minimum Gasteiger partial charge on any atom is -0.348 e. The maximum absolute atomic E-state index is 11.8. The molecule has 2 heterocycles. The highest BCUT2D eigenvalue weighted by molar-refractivity contribution is 7.99. The van der Waals surface area contributed by atoms with Crippen LogP contribution in [0.2, 0.25) is 4.34 Å². The van der Waals surface area contributed by atoms with Crippen LogP contribution in [0.15, 0.2) is 29.6 Å². The Bertz CT molecular complexity index is 524. The Morgan fingerprint density at radius 3 is 2.95 bits per heavy atom. The Kier molecular flexibility index (Phi) is 5.76. The molecule has 1 amide bonds. The first-order valence-electron chi connectivity index (χ1n) is 5.80. The van der Waals surface area contributed by atoms with Crippen LogP contribution in [0.4, 0.5) is 0 Å². The van der Waals surface area contributed by atoms with Gasteiger partial charge in [0.15, 0.2) is 0 Å². The number of hydrogen-bond acceptors (Lipinski definition) is 4. The first kappa shape index (κ1) is 14.9. The second-order valence-corrected chi connectivity index (χ2v) is 7.77. The molecule has 0 aliphatic heterocycles. The third-order valence-corrected chi connectivity index (χ3v) is 5.91. The number of halogens is 1. The van der Waals surface area contributed by atoms with E-state index in [1.807, 2.05) is 25.1 Å². The van der Waals surface area contributed by atoms with Gasteiger partial charge in [-0.05, 0) is 30.5 Å². The van der Waals surface area contributed by atoms with E-state index in [0.29, 0.717) is 5.75 Å². The van der Waals surface area contributed by atoms with Crippen molar-refractivity contribution in [2.45, 2.75) is 18.7 Å². The average Bonchev–Trinajstić information content (AvgIpc) is 3.00. The SMILES string of the molecule is CC(NC(=O)CSCc1cccs1)c1ccc(Cl)s1. The smallest absolute Gasteiger partial charge is 0.230 e. The molecule has 0 aromatic carbocycles. The highest BCUT2D eigenvalue weighted by Gasteiger charge is 2.11. The first-order valence-corrected chi connectivity index (χ1v) is 9.03. The lowest BCUT2D eigenvalue weighted by Crippen LogP contribution is -2.27. The number of thiophene rings is 2. The third-order valence-electron chi connectivity index (χ3n) is 2.46. The number of carbonyl (C=O) groups is 1. The number of amides is 1. The molecule has 0 aliphatic rings. The molecule has 0 spiro atoms. The highest BCUT2D eigenvalue weighted by atomic mass is 35.5. The maximum Gasteiger partial charge on any atom is 0.230 e. The highest BCUT2D eigenvalue weighted by Crippen LogP contribution is 2.26. The van der Waals surface area contributed by atoms with Crippen LogP contribution in [0.25, 0.3) is 0 Å². The molecule has 1 N–H and O–H groups in total. The van der Waals surface area contributed by atoms with Crippen molar-refractivity contribution in [3.63, 3.8) is 0 Å². The Hall–Kier alpha value is -0.490. The van der Waals surface area contributed by atoms with Gasteiger partial charge in [0.25, 0.3) is 0 Å². The zero-order valence-electron chi connectivity index (χ0n) is 10.4. The molecule has 0 saturated heterocycles. The lowest BCUT2D eigenvalue weighted by Gasteiger charge is -2.11. The normalized spacial score (nSPS) is 12.3. The first-order chi connectivity index (χ1) is 9.15. The maximum atomic E-state index is 11.8. The van der Waals surface area contributed by atoms with Crippen LogP contribution in [0, 0.1) is 0 Å². The van der Waals surface area contributed by atoms with E-state index in [1.165, 1.54) is 16.2 Å². The van der Waals surface area contributed by atoms with Gasteiger partial charge in [-0.3, -0.25) is 4.79 Å². The van der Waals surface area contributed by atoms with E-state index < -0.39 is 0 Å². The van der Waals surface area contributed by atoms with E-state index >= 15 is 0 Å². The van der Waals surface area contributed by atoms with Crippen LogP contribution in [0.5, 0.6) is 0 Å². The summed E-state index contributed by atoms with van der Waals surface area (Å²) in [4.78, 5) is 14.2. The Balaban J connectivity index is 1.72. The van der Waals surface area contributed by atoms with Gasteiger partial charge in [0, 0.05) is 15.5 Å². The van der Waals surface area contributed by atoms with Crippen LogP contribution in [-0.2, 0) is 10.5 Å². The second-order valence-electron chi connectivity index (χ2n) is 4.00. The van der Waals surface area contributed by atoms with Crippen molar-refractivity contribution in [2.75, 3.05) is 5.75 Å². The summed E-state index contributed by atoms with van der Waals surface area (Å²) in [5.74, 6) is 1.45. The predicted molar refractivity (Wildman–Crippen MR) is 86.4 cm³/mol. The van der Waals surface area contributed by atoms with E-state index in [4.69, 9.17) is 11.6 Å². The molecule has 19 heavy (non-hydrogen) atoms. The Labute approximate surface area is 130 Å². The van der Waals surface area contributed by atoms with E-state index in [1.54, 1.807) is 23.1 Å². The van der Waals surface area contributed by atoms with Crippen LogP contribution in [0.1, 0.15) is 22.7 Å². The fourth-order valence-electron chi connectivity index (χ4n) is 1.55. The average molecular weight is 332 g/mol. The standard InChI is InChI=1S/C13H14ClNOS3/c1-9(11-4-5-12(14)19-11)15-13(16)8-17-7-10-3-2-6-18-10/h2-6,9H,7-8H2,1H3,(H,15,16). The summed E-state index contributed by atoms with van der Waals surface area (Å²) in [6.45, 7) is 1.98. The fraction of sp³-hybridized carbons (Fsp3) is 0.308. The number of hydrogen-bond donors (Lipinski definition) is 1. The molecule has 2 rings (SSSR count). The molecular weight excluding hydrogens is 318 g/mol. The Morgan fingerprint density at radius 1 is 1.47 bits per heavy atom. The molecule has 0 radical (unpaired) electrons. The van der Waals surface area contributed by atoms with Gasteiger partial charge in [0.1, 0.15) is 0 Å². The van der Waals surface area contributed by atoms with Gasteiger partial charge in [-0.1, -0.05) is 17.7 Å². The van der Waals surface area contributed by atoms with Crippen molar-refractivity contribution < 1.29 is 4.79 Å². The van der Waals surface area contributed by atoms with Gasteiger partial charge in [-0.25, -0.2) is 0 Å². The van der Waals surface area contributed by atoms with Gasteiger partial charge in [-0.2, -0.15) is 0 Å². The van der Waals surface area contributed by atoms with E-state index in [-0.39, 0.29) is 11.9 Å². The van der Waals surface area contributed by atoms with E-state index in [2.05, 4.69) is 16.8 Å². The van der Waals surface area contributed by atoms with Crippen molar-refractivity contribution in [1.82, 2.24) is 5.32 Å². The van der Waals surface area contributed by atoms with Crippen molar-refractivity contribution in [2.24, 2.45) is 0 Å². The molecule has 0 fully saturated rings. The minimum absolute atomic E-state index is 0.0207. The van der Waals surface area contributed by atoms with Gasteiger partial charge in [0.05, 0.1) is 16.1 Å². The summed E-state index contributed by atoms with van der Waals surface area (Å²) in [6, 6.07) is 7.95. The second kappa shape index (κ2) is 7.33. The molecule has 102 valence electrons. The minimum atomic E-state index is 0.0207. The molecular formula is C13H14ClNOS3. The van der Waals surface area contributed by atoms with Crippen LogP contribution >= 0.6 is 46.0 Å². The monoisotopic (exact) mass is 331 g/mol. The molecule has 0 saturated carbocycles. The number of rotatable bonds is 6. The molecule has 1 unspecified atom stereocenters. The summed E-state index contributed by atoms with van der Waals surface area (Å²) in [5.41, 5.74) is 0. The van der Waals surface area contributed by atoms with E-state index in [9.17, 15) is 4.79 Å². The lowest BCUT2D eigenvalue weighted by molar-refractivity contribution is -0.119. The van der Waals surface area contributed by atoms with Gasteiger partial charge >= 0.3 is 0 Å². The zero-order chi connectivity index (χ0) is 13.7.